The molecule has 1 N–H and O–H groups in total. The second-order valence-electron chi connectivity index (χ2n) is 4.92. The molecule has 0 atom stereocenters. The summed E-state index contributed by atoms with van der Waals surface area (Å²) in [5.74, 6) is 0.822. The molecule has 0 saturated heterocycles. The van der Waals surface area contributed by atoms with Gasteiger partial charge in [-0.2, -0.15) is 0 Å². The van der Waals surface area contributed by atoms with Crippen LogP contribution >= 0.6 is 0 Å². The lowest BCUT2D eigenvalue weighted by molar-refractivity contribution is -0.118. The van der Waals surface area contributed by atoms with Gasteiger partial charge in [0.1, 0.15) is 5.75 Å². The van der Waals surface area contributed by atoms with Crippen molar-refractivity contribution in [2.45, 2.75) is 6.92 Å². The van der Waals surface area contributed by atoms with Crippen molar-refractivity contribution in [3.8, 4) is 17.2 Å². The molecule has 3 rings (SSSR count). The highest BCUT2D eigenvalue weighted by molar-refractivity contribution is 5.92. The monoisotopic (exact) mass is 309 g/mol. The molecule has 0 aliphatic rings. The number of nitrogens with zero attached hydrogens (tertiary/aromatic N) is 2. The molecule has 116 valence electrons. The van der Waals surface area contributed by atoms with E-state index < -0.39 is 0 Å². The van der Waals surface area contributed by atoms with Crippen molar-refractivity contribution in [1.29, 1.82) is 0 Å². The van der Waals surface area contributed by atoms with E-state index in [0.717, 1.165) is 16.8 Å². The number of hydrogen-bond acceptors (Lipinski definition) is 5. The lowest BCUT2D eigenvalue weighted by Crippen LogP contribution is -2.20. The van der Waals surface area contributed by atoms with Crippen molar-refractivity contribution in [1.82, 2.24) is 10.2 Å². The molecular formula is C17H15N3O3. The Morgan fingerprint density at radius 3 is 2.65 bits per heavy atom. The molecule has 0 unspecified atom stereocenters. The number of aromatic nitrogens is 2. The van der Waals surface area contributed by atoms with Gasteiger partial charge in [0.05, 0.1) is 0 Å². The fourth-order valence-corrected chi connectivity index (χ4v) is 2.04. The summed E-state index contributed by atoms with van der Waals surface area (Å²) in [6, 6.07) is 14.7. The Hall–Kier alpha value is -3.15. The van der Waals surface area contributed by atoms with Crippen LogP contribution in [0.5, 0.6) is 5.75 Å². The van der Waals surface area contributed by atoms with Crippen LogP contribution in [0.3, 0.4) is 0 Å². The van der Waals surface area contributed by atoms with Gasteiger partial charge in [-0.25, -0.2) is 0 Å². The molecule has 0 spiro atoms. The lowest BCUT2D eigenvalue weighted by atomic mass is 10.2. The first-order valence-electron chi connectivity index (χ1n) is 7.07. The van der Waals surface area contributed by atoms with Gasteiger partial charge in [-0.15, -0.1) is 10.2 Å². The summed E-state index contributed by atoms with van der Waals surface area (Å²) in [5.41, 5.74) is 2.58. The van der Waals surface area contributed by atoms with E-state index in [1.54, 1.807) is 24.3 Å². The van der Waals surface area contributed by atoms with Gasteiger partial charge in [0.25, 0.3) is 5.91 Å². The SMILES string of the molecule is Cc1ccccc1NC(=O)COc1ccc(-c2nnco2)cc1. The van der Waals surface area contributed by atoms with Crippen LogP contribution in [0.25, 0.3) is 11.5 Å². The van der Waals surface area contributed by atoms with Gasteiger partial charge in [-0.3, -0.25) is 4.79 Å². The van der Waals surface area contributed by atoms with E-state index in [1.165, 1.54) is 6.39 Å². The van der Waals surface area contributed by atoms with Crippen molar-refractivity contribution in [2.24, 2.45) is 0 Å². The highest BCUT2D eigenvalue weighted by Gasteiger charge is 2.07. The van der Waals surface area contributed by atoms with Crippen LogP contribution in [-0.4, -0.2) is 22.7 Å². The third-order valence-corrected chi connectivity index (χ3v) is 3.25. The van der Waals surface area contributed by atoms with Crippen LogP contribution in [0.2, 0.25) is 0 Å². The Balaban J connectivity index is 1.56. The molecule has 2 aromatic carbocycles. The highest BCUT2D eigenvalue weighted by Crippen LogP contribution is 2.20. The predicted molar refractivity (Wildman–Crippen MR) is 85.0 cm³/mol. The number of benzene rings is 2. The number of nitrogens with one attached hydrogen (secondary N) is 1. The van der Waals surface area contributed by atoms with Crippen LogP contribution in [0.1, 0.15) is 5.56 Å². The van der Waals surface area contributed by atoms with E-state index in [2.05, 4.69) is 15.5 Å². The Morgan fingerprint density at radius 2 is 1.96 bits per heavy atom. The number of ether oxygens (including phenoxy) is 1. The van der Waals surface area contributed by atoms with Crippen LogP contribution < -0.4 is 10.1 Å². The van der Waals surface area contributed by atoms with E-state index in [0.29, 0.717) is 11.6 Å². The number of rotatable bonds is 5. The Bertz CT molecular complexity index is 783. The van der Waals surface area contributed by atoms with E-state index >= 15 is 0 Å². The van der Waals surface area contributed by atoms with Gasteiger partial charge in [-0.1, -0.05) is 18.2 Å². The Kier molecular flexibility index (Phi) is 4.33. The summed E-state index contributed by atoms with van der Waals surface area (Å²) in [6.07, 6.45) is 1.27. The second-order valence-corrected chi connectivity index (χ2v) is 4.92. The quantitative estimate of drug-likeness (QED) is 0.783. The summed E-state index contributed by atoms with van der Waals surface area (Å²) >= 11 is 0. The van der Waals surface area contributed by atoms with Gasteiger partial charge in [0, 0.05) is 11.3 Å². The molecule has 0 bridgehead atoms. The first kappa shape index (κ1) is 14.8. The third kappa shape index (κ3) is 3.74. The number of amides is 1. The Labute approximate surface area is 133 Å². The second kappa shape index (κ2) is 6.74. The number of hydrogen-bond donors (Lipinski definition) is 1. The van der Waals surface area contributed by atoms with Crippen LogP contribution in [0.4, 0.5) is 5.69 Å². The zero-order valence-corrected chi connectivity index (χ0v) is 12.5. The average molecular weight is 309 g/mol. The zero-order valence-electron chi connectivity index (χ0n) is 12.5. The molecule has 6 heteroatoms. The number of carbonyl (C=O) groups is 1. The molecule has 0 saturated carbocycles. The summed E-state index contributed by atoms with van der Waals surface area (Å²) in [4.78, 5) is 11.9. The maximum atomic E-state index is 11.9. The molecule has 1 heterocycles. The van der Waals surface area contributed by atoms with Crippen molar-refractivity contribution in [2.75, 3.05) is 11.9 Å². The van der Waals surface area contributed by atoms with Gasteiger partial charge in [-0.05, 0) is 42.8 Å². The van der Waals surface area contributed by atoms with E-state index in [4.69, 9.17) is 9.15 Å². The van der Waals surface area contributed by atoms with E-state index in [1.807, 2.05) is 31.2 Å². The minimum absolute atomic E-state index is 0.0613. The van der Waals surface area contributed by atoms with Crippen molar-refractivity contribution >= 4 is 11.6 Å². The molecule has 1 aromatic heterocycles. The van der Waals surface area contributed by atoms with E-state index in [-0.39, 0.29) is 12.5 Å². The molecule has 23 heavy (non-hydrogen) atoms. The first-order valence-corrected chi connectivity index (χ1v) is 7.07. The smallest absolute Gasteiger partial charge is 0.262 e. The topological polar surface area (TPSA) is 77.2 Å². The van der Waals surface area contributed by atoms with Gasteiger partial charge >= 0.3 is 0 Å². The number of para-hydroxylation sites is 1. The number of anilines is 1. The summed E-state index contributed by atoms with van der Waals surface area (Å²) in [6.45, 7) is 1.88. The minimum atomic E-state index is -0.208. The largest absolute Gasteiger partial charge is 0.484 e. The first-order chi connectivity index (χ1) is 11.2. The highest BCUT2D eigenvalue weighted by atomic mass is 16.5. The molecule has 0 aliphatic heterocycles. The molecule has 0 fully saturated rings. The maximum absolute atomic E-state index is 11.9. The fourth-order valence-electron chi connectivity index (χ4n) is 2.04. The summed E-state index contributed by atoms with van der Waals surface area (Å²) in [5, 5.41) is 10.3. The van der Waals surface area contributed by atoms with Crippen LogP contribution in [0, 0.1) is 6.92 Å². The standard InChI is InChI=1S/C17H15N3O3/c1-12-4-2-3-5-15(12)19-16(21)10-22-14-8-6-13(7-9-14)17-20-18-11-23-17/h2-9,11H,10H2,1H3,(H,19,21). The third-order valence-electron chi connectivity index (χ3n) is 3.25. The van der Waals surface area contributed by atoms with Gasteiger partial charge in [0.2, 0.25) is 12.3 Å². The molecular weight excluding hydrogens is 294 g/mol. The van der Waals surface area contributed by atoms with Gasteiger partial charge in [0.15, 0.2) is 6.61 Å². The lowest BCUT2D eigenvalue weighted by Gasteiger charge is -2.09. The average Bonchev–Trinajstić information content (AvgIpc) is 3.10. The Morgan fingerprint density at radius 1 is 1.17 bits per heavy atom. The molecule has 1 amide bonds. The zero-order chi connectivity index (χ0) is 16.1. The number of carbonyl (C=O) groups excluding carboxylic acids is 1. The summed E-state index contributed by atoms with van der Waals surface area (Å²) in [7, 11) is 0. The molecule has 0 radical (unpaired) electrons. The molecule has 3 aromatic rings. The van der Waals surface area contributed by atoms with Crippen LogP contribution in [-0.2, 0) is 4.79 Å². The van der Waals surface area contributed by atoms with Gasteiger partial charge < -0.3 is 14.5 Å². The normalized spacial score (nSPS) is 10.3. The predicted octanol–water partition coefficient (Wildman–Crippen LogP) is 3.06. The summed E-state index contributed by atoms with van der Waals surface area (Å²) < 4.78 is 10.6. The molecule has 0 aliphatic carbocycles. The van der Waals surface area contributed by atoms with Crippen LogP contribution in [0.15, 0.2) is 59.3 Å². The minimum Gasteiger partial charge on any atom is -0.484 e. The van der Waals surface area contributed by atoms with Crippen molar-refractivity contribution in [3.63, 3.8) is 0 Å². The van der Waals surface area contributed by atoms with Crippen molar-refractivity contribution < 1.29 is 13.9 Å². The number of aryl methyl sites for hydroxylation is 1. The maximum Gasteiger partial charge on any atom is 0.262 e. The van der Waals surface area contributed by atoms with E-state index in [9.17, 15) is 4.79 Å². The van der Waals surface area contributed by atoms with Crippen molar-refractivity contribution in [3.05, 3.63) is 60.5 Å². The molecule has 6 nitrogen and oxygen atoms in total. The fraction of sp³-hybridized carbons (Fsp3) is 0.118.